The quantitative estimate of drug-likeness (QED) is 0.157. The van der Waals surface area contributed by atoms with E-state index < -0.39 is 0 Å². The predicted molar refractivity (Wildman–Crippen MR) is 233 cm³/mol. The molecule has 11 aromatic rings. The molecule has 1 aliphatic rings. The number of benzene rings is 9. The molecule has 0 radical (unpaired) electrons. The van der Waals surface area contributed by atoms with E-state index in [2.05, 4.69) is 172 Å². The molecule has 53 heavy (non-hydrogen) atoms. The molecule has 12 rings (SSSR count). The Kier molecular flexibility index (Phi) is 5.97. The maximum atomic E-state index is 2.52. The number of hydrogen-bond acceptors (Lipinski definition) is 2. The molecule has 2 heterocycles. The fourth-order valence-corrected chi connectivity index (χ4v) is 12.1. The van der Waals surface area contributed by atoms with Crippen LogP contribution < -0.4 is 0 Å². The number of fused-ring (bicyclic) bond motifs is 14. The SMILES string of the molecule is CC1(C)c2cc(-c3c4ccccc4c(-c4cccc5sc6ccccc6c45)c4ccccc34)ccc2-c2c1ccc1c2sc2ccc3ccccc3c21. The van der Waals surface area contributed by atoms with Crippen LogP contribution in [0.3, 0.4) is 0 Å². The summed E-state index contributed by atoms with van der Waals surface area (Å²) in [6.45, 7) is 4.84. The van der Waals surface area contributed by atoms with Crippen LogP contribution in [-0.4, -0.2) is 0 Å². The van der Waals surface area contributed by atoms with Gasteiger partial charge < -0.3 is 0 Å². The van der Waals surface area contributed by atoms with Gasteiger partial charge in [0.05, 0.1) is 0 Å². The van der Waals surface area contributed by atoms with Gasteiger partial charge in [0.1, 0.15) is 0 Å². The van der Waals surface area contributed by atoms with Crippen LogP contribution in [0.4, 0.5) is 0 Å². The van der Waals surface area contributed by atoms with Crippen LogP contribution in [0.15, 0.2) is 158 Å². The summed E-state index contributed by atoms with van der Waals surface area (Å²) in [7, 11) is 0. The first-order valence-corrected chi connectivity index (χ1v) is 20.1. The van der Waals surface area contributed by atoms with Crippen molar-refractivity contribution >= 4 is 95.3 Å². The minimum atomic E-state index is -0.131. The largest absolute Gasteiger partial charge is 0.135 e. The summed E-state index contributed by atoms with van der Waals surface area (Å²) in [5.74, 6) is 0. The third-order valence-electron chi connectivity index (χ3n) is 12.1. The molecule has 0 nitrogen and oxygen atoms in total. The molecule has 0 amide bonds. The molecule has 0 saturated carbocycles. The highest BCUT2D eigenvalue weighted by atomic mass is 32.1. The Hall–Kier alpha value is -5.80. The summed E-state index contributed by atoms with van der Waals surface area (Å²) in [5.41, 5.74) is 10.7. The van der Waals surface area contributed by atoms with E-state index in [1.54, 1.807) is 0 Å². The van der Waals surface area contributed by atoms with Crippen molar-refractivity contribution in [2.24, 2.45) is 0 Å². The molecular formula is C51H32S2. The van der Waals surface area contributed by atoms with Gasteiger partial charge in [-0.05, 0) is 95.5 Å². The monoisotopic (exact) mass is 708 g/mol. The van der Waals surface area contributed by atoms with Gasteiger partial charge in [0.2, 0.25) is 0 Å². The van der Waals surface area contributed by atoms with Gasteiger partial charge >= 0.3 is 0 Å². The highest BCUT2D eigenvalue weighted by Gasteiger charge is 2.37. The highest BCUT2D eigenvalue weighted by molar-refractivity contribution is 7.26. The number of hydrogen-bond donors (Lipinski definition) is 0. The van der Waals surface area contributed by atoms with E-state index in [9.17, 15) is 0 Å². The molecule has 0 spiro atoms. The van der Waals surface area contributed by atoms with Gasteiger partial charge in [-0.15, -0.1) is 22.7 Å². The average Bonchev–Trinajstić information content (AvgIpc) is 3.85. The molecule has 248 valence electrons. The molecule has 0 atom stereocenters. The first-order chi connectivity index (χ1) is 26.1. The fourth-order valence-electron chi connectivity index (χ4n) is 9.69. The second kappa shape index (κ2) is 10.6. The summed E-state index contributed by atoms with van der Waals surface area (Å²) < 4.78 is 5.44. The van der Waals surface area contributed by atoms with E-state index >= 15 is 0 Å². The van der Waals surface area contributed by atoms with Crippen LogP contribution in [0.2, 0.25) is 0 Å². The molecular weight excluding hydrogens is 677 g/mol. The Morgan fingerprint density at radius 1 is 0.377 bits per heavy atom. The topological polar surface area (TPSA) is 0 Å². The van der Waals surface area contributed by atoms with Crippen molar-refractivity contribution < 1.29 is 0 Å². The van der Waals surface area contributed by atoms with Gasteiger partial charge in [-0.3, -0.25) is 0 Å². The summed E-state index contributed by atoms with van der Waals surface area (Å²) in [6.07, 6.45) is 0. The number of rotatable bonds is 2. The van der Waals surface area contributed by atoms with Gasteiger partial charge in [0.25, 0.3) is 0 Å². The smallest absolute Gasteiger partial charge is 0.0437 e. The Bertz CT molecular complexity index is 3310. The number of thiophene rings is 2. The van der Waals surface area contributed by atoms with E-state index in [4.69, 9.17) is 0 Å². The van der Waals surface area contributed by atoms with E-state index in [1.165, 1.54) is 117 Å². The van der Waals surface area contributed by atoms with Crippen molar-refractivity contribution in [1.82, 2.24) is 0 Å². The Morgan fingerprint density at radius 2 is 1.02 bits per heavy atom. The molecule has 0 unspecified atom stereocenters. The van der Waals surface area contributed by atoms with E-state index in [-0.39, 0.29) is 5.41 Å². The minimum Gasteiger partial charge on any atom is -0.135 e. The van der Waals surface area contributed by atoms with Crippen LogP contribution in [0, 0.1) is 0 Å². The maximum absolute atomic E-state index is 2.52. The molecule has 0 N–H and O–H groups in total. The van der Waals surface area contributed by atoms with Crippen LogP contribution in [0.1, 0.15) is 25.0 Å². The van der Waals surface area contributed by atoms with Crippen LogP contribution >= 0.6 is 22.7 Å². The second-order valence-corrected chi connectivity index (χ2v) is 17.3. The van der Waals surface area contributed by atoms with Gasteiger partial charge in [0, 0.05) is 51.3 Å². The zero-order valence-corrected chi connectivity index (χ0v) is 31.0. The van der Waals surface area contributed by atoms with Gasteiger partial charge in [-0.25, -0.2) is 0 Å². The Labute approximate surface area is 315 Å². The van der Waals surface area contributed by atoms with Crippen LogP contribution in [0.25, 0.3) is 106 Å². The Balaban J connectivity index is 1.12. The minimum absolute atomic E-state index is 0.131. The van der Waals surface area contributed by atoms with E-state index in [0.29, 0.717) is 0 Å². The lowest BCUT2D eigenvalue weighted by Gasteiger charge is -2.23. The molecule has 2 heteroatoms. The van der Waals surface area contributed by atoms with E-state index in [1.807, 2.05) is 22.7 Å². The third-order valence-corrected chi connectivity index (χ3v) is 14.4. The lowest BCUT2D eigenvalue weighted by molar-refractivity contribution is 0.661. The summed E-state index contributed by atoms with van der Waals surface area (Å²) in [6, 6.07) is 59.5. The average molecular weight is 709 g/mol. The lowest BCUT2D eigenvalue weighted by atomic mass is 9.80. The van der Waals surface area contributed by atoms with Crippen molar-refractivity contribution in [3.8, 4) is 33.4 Å². The van der Waals surface area contributed by atoms with Crippen molar-refractivity contribution in [3.63, 3.8) is 0 Å². The highest BCUT2D eigenvalue weighted by Crippen LogP contribution is 2.56. The van der Waals surface area contributed by atoms with Crippen LogP contribution in [-0.2, 0) is 5.41 Å². The fraction of sp³-hybridized carbons (Fsp3) is 0.0588. The summed E-state index contributed by atoms with van der Waals surface area (Å²) >= 11 is 3.84. The molecule has 0 aliphatic heterocycles. The van der Waals surface area contributed by atoms with Crippen molar-refractivity contribution in [3.05, 3.63) is 169 Å². The molecule has 2 aromatic heterocycles. The van der Waals surface area contributed by atoms with Crippen molar-refractivity contribution in [2.45, 2.75) is 19.3 Å². The van der Waals surface area contributed by atoms with Crippen molar-refractivity contribution in [2.75, 3.05) is 0 Å². The molecule has 0 bridgehead atoms. The molecule has 1 aliphatic carbocycles. The third kappa shape index (κ3) is 3.95. The first-order valence-electron chi connectivity index (χ1n) is 18.4. The normalized spacial score (nSPS) is 13.6. The molecule has 9 aromatic carbocycles. The first kappa shape index (κ1) is 29.7. The maximum Gasteiger partial charge on any atom is 0.0437 e. The van der Waals surface area contributed by atoms with Gasteiger partial charge in [-0.2, -0.15) is 0 Å². The second-order valence-electron chi connectivity index (χ2n) is 15.1. The van der Waals surface area contributed by atoms with Gasteiger partial charge in [0.15, 0.2) is 0 Å². The Morgan fingerprint density at radius 3 is 1.79 bits per heavy atom. The van der Waals surface area contributed by atoms with E-state index in [0.717, 1.165) is 0 Å². The van der Waals surface area contributed by atoms with Crippen molar-refractivity contribution in [1.29, 1.82) is 0 Å². The standard InChI is InChI=1S/C51H32S2/c1-51(2)40-26-25-39-47-31-13-4-3-12-29(31)23-27-44(47)53-50(39)49(40)36-24-22-30(28-41(36)51)45-32-14-5-7-16-34(32)46(35-17-8-6-15-33(35)45)38-19-11-21-43-48(38)37-18-9-10-20-42(37)52-43/h3-28H,1-2H3. The predicted octanol–water partition coefficient (Wildman–Crippen LogP) is 15.5. The summed E-state index contributed by atoms with van der Waals surface area (Å²) in [4.78, 5) is 0. The summed E-state index contributed by atoms with van der Waals surface area (Å²) in [5, 5.41) is 13.3. The molecule has 0 saturated heterocycles. The lowest BCUT2D eigenvalue weighted by Crippen LogP contribution is -2.15. The zero-order valence-electron chi connectivity index (χ0n) is 29.3. The van der Waals surface area contributed by atoms with Crippen LogP contribution in [0.5, 0.6) is 0 Å². The van der Waals surface area contributed by atoms with Gasteiger partial charge in [-0.1, -0.05) is 147 Å². The zero-order chi connectivity index (χ0) is 35.0. The molecule has 0 fully saturated rings.